The highest BCUT2D eigenvalue weighted by atomic mass is 19.1. The van der Waals surface area contributed by atoms with Crippen LogP contribution in [0.15, 0.2) is 12.1 Å². The van der Waals surface area contributed by atoms with E-state index in [2.05, 4.69) is 10.2 Å². The minimum Gasteiger partial charge on any atom is -0.275 e. The average Bonchev–Trinajstić information content (AvgIpc) is 2.41. The molecule has 1 N–H and O–H groups in total. The van der Waals surface area contributed by atoms with Crippen LogP contribution in [0.5, 0.6) is 0 Å². The number of hydrogen-bond acceptors (Lipinski definition) is 1. The molecule has 0 aliphatic rings. The van der Waals surface area contributed by atoms with Crippen molar-refractivity contribution in [2.24, 2.45) is 0 Å². The molecule has 0 amide bonds. The van der Waals surface area contributed by atoms with Crippen molar-refractivity contribution in [3.8, 4) is 0 Å². The molecule has 0 fully saturated rings. The van der Waals surface area contributed by atoms with Crippen LogP contribution in [0, 0.1) is 19.8 Å². The van der Waals surface area contributed by atoms with E-state index in [1.165, 1.54) is 0 Å². The molecule has 12 heavy (non-hydrogen) atoms. The fourth-order valence-corrected chi connectivity index (χ4v) is 1.30. The van der Waals surface area contributed by atoms with Gasteiger partial charge in [0.25, 0.3) is 0 Å². The molecule has 0 unspecified atom stereocenters. The van der Waals surface area contributed by atoms with E-state index in [4.69, 9.17) is 0 Å². The molecule has 62 valence electrons. The molecule has 1 aromatic carbocycles. The number of H-pyrrole nitrogens is 1. The van der Waals surface area contributed by atoms with E-state index in [1.54, 1.807) is 6.07 Å². The molecule has 0 aliphatic heterocycles. The maximum absolute atomic E-state index is 12.9. The fourth-order valence-electron chi connectivity index (χ4n) is 1.30. The third-order valence-electron chi connectivity index (χ3n) is 2.22. The molecule has 1 aromatic heterocycles. The van der Waals surface area contributed by atoms with Crippen LogP contribution in [-0.4, -0.2) is 10.2 Å². The van der Waals surface area contributed by atoms with Crippen LogP contribution in [0.4, 0.5) is 4.39 Å². The highest BCUT2D eigenvalue weighted by Gasteiger charge is 2.06. The predicted octanol–water partition coefficient (Wildman–Crippen LogP) is 2.32. The molecule has 0 bridgehead atoms. The normalized spacial score (nSPS) is 10.9. The third kappa shape index (κ3) is 0.826. The Morgan fingerprint density at radius 1 is 1.33 bits per heavy atom. The predicted molar refractivity (Wildman–Crippen MR) is 45.5 cm³/mol. The summed E-state index contributed by atoms with van der Waals surface area (Å²) in [6.45, 7) is 3.95. The van der Waals surface area contributed by atoms with E-state index in [-0.39, 0.29) is 0 Å². The number of hydrogen-bond donors (Lipinski definition) is 1. The van der Waals surface area contributed by atoms with Crippen LogP contribution in [0.1, 0.15) is 11.1 Å². The Labute approximate surface area is 69.4 Å². The van der Waals surface area contributed by atoms with E-state index in [1.807, 2.05) is 19.9 Å². The lowest BCUT2D eigenvalue weighted by Gasteiger charge is -1.98. The Bertz CT molecular complexity index is 431. The molecular weight excluding hydrogens is 155 g/mol. The van der Waals surface area contributed by atoms with Crippen LogP contribution in [-0.2, 0) is 0 Å². The Morgan fingerprint density at radius 2 is 2.08 bits per heavy atom. The first-order valence-corrected chi connectivity index (χ1v) is 3.80. The smallest absolute Gasteiger partial charge is 0.240 e. The first kappa shape index (κ1) is 7.28. The zero-order chi connectivity index (χ0) is 8.72. The monoisotopic (exact) mass is 164 g/mol. The molecular formula is C9H9FN2. The number of aryl methyl sites for hydroxylation is 2. The zero-order valence-corrected chi connectivity index (χ0v) is 6.98. The van der Waals surface area contributed by atoms with Crippen molar-refractivity contribution in [1.82, 2.24) is 10.2 Å². The van der Waals surface area contributed by atoms with E-state index < -0.39 is 5.95 Å². The largest absolute Gasteiger partial charge is 0.275 e. The van der Waals surface area contributed by atoms with Crippen LogP contribution >= 0.6 is 0 Å². The van der Waals surface area contributed by atoms with Gasteiger partial charge in [-0.15, -0.1) is 5.10 Å². The van der Waals surface area contributed by atoms with Crippen molar-refractivity contribution < 1.29 is 4.39 Å². The first-order valence-electron chi connectivity index (χ1n) is 3.80. The SMILES string of the molecule is Cc1ccc2c(F)n[nH]c2c1C. The molecule has 2 nitrogen and oxygen atoms in total. The van der Waals surface area contributed by atoms with Gasteiger partial charge in [0, 0.05) is 0 Å². The molecule has 0 saturated heterocycles. The van der Waals surface area contributed by atoms with Crippen LogP contribution in [0.3, 0.4) is 0 Å². The number of halogens is 1. The quantitative estimate of drug-likeness (QED) is 0.636. The summed E-state index contributed by atoms with van der Waals surface area (Å²) < 4.78 is 12.9. The Hall–Kier alpha value is -1.38. The standard InChI is InChI=1S/C9H9FN2/c1-5-3-4-7-8(6(5)2)11-12-9(7)10/h3-4H,1-2H3,(H,11,12). The molecule has 0 spiro atoms. The summed E-state index contributed by atoms with van der Waals surface area (Å²) in [7, 11) is 0. The number of aromatic nitrogens is 2. The maximum atomic E-state index is 12.9. The summed E-state index contributed by atoms with van der Waals surface area (Å²) >= 11 is 0. The number of rotatable bonds is 0. The summed E-state index contributed by atoms with van der Waals surface area (Å²) in [5.41, 5.74) is 3.00. The Balaban J connectivity index is 2.93. The number of benzene rings is 1. The summed E-state index contributed by atoms with van der Waals surface area (Å²) in [6, 6.07) is 3.65. The number of fused-ring (bicyclic) bond motifs is 1. The van der Waals surface area contributed by atoms with Gasteiger partial charge in [0.15, 0.2) is 0 Å². The summed E-state index contributed by atoms with van der Waals surface area (Å²) in [5.74, 6) is -0.423. The van der Waals surface area contributed by atoms with Crippen molar-refractivity contribution in [3.63, 3.8) is 0 Å². The lowest BCUT2D eigenvalue weighted by molar-refractivity contribution is 0.588. The molecule has 0 aliphatic carbocycles. The lowest BCUT2D eigenvalue weighted by atomic mass is 10.1. The molecule has 3 heteroatoms. The van der Waals surface area contributed by atoms with Gasteiger partial charge >= 0.3 is 0 Å². The molecule has 0 atom stereocenters. The van der Waals surface area contributed by atoms with E-state index in [9.17, 15) is 4.39 Å². The Kier molecular flexibility index (Phi) is 1.40. The van der Waals surface area contributed by atoms with Crippen molar-refractivity contribution in [2.45, 2.75) is 13.8 Å². The van der Waals surface area contributed by atoms with E-state index in [0.29, 0.717) is 5.39 Å². The van der Waals surface area contributed by atoms with Crippen molar-refractivity contribution in [3.05, 3.63) is 29.2 Å². The van der Waals surface area contributed by atoms with E-state index in [0.717, 1.165) is 16.6 Å². The first-order chi connectivity index (χ1) is 5.70. The lowest BCUT2D eigenvalue weighted by Crippen LogP contribution is -1.81. The van der Waals surface area contributed by atoms with Gasteiger partial charge in [0.05, 0.1) is 10.9 Å². The highest BCUT2D eigenvalue weighted by Crippen LogP contribution is 2.20. The molecule has 0 saturated carbocycles. The van der Waals surface area contributed by atoms with Crippen molar-refractivity contribution in [2.75, 3.05) is 0 Å². The van der Waals surface area contributed by atoms with Gasteiger partial charge < -0.3 is 0 Å². The van der Waals surface area contributed by atoms with Gasteiger partial charge in [-0.1, -0.05) is 6.07 Å². The highest BCUT2D eigenvalue weighted by molar-refractivity contribution is 5.82. The third-order valence-corrected chi connectivity index (χ3v) is 2.22. The van der Waals surface area contributed by atoms with Gasteiger partial charge in [-0.3, -0.25) is 5.10 Å². The number of nitrogens with one attached hydrogen (secondary N) is 1. The maximum Gasteiger partial charge on any atom is 0.240 e. The summed E-state index contributed by atoms with van der Waals surface area (Å²) in [4.78, 5) is 0. The van der Waals surface area contributed by atoms with Crippen molar-refractivity contribution >= 4 is 10.9 Å². The second-order valence-corrected chi connectivity index (χ2v) is 2.94. The van der Waals surface area contributed by atoms with Gasteiger partial charge in [0.1, 0.15) is 0 Å². The minimum absolute atomic E-state index is 0.423. The van der Waals surface area contributed by atoms with Gasteiger partial charge in [-0.25, -0.2) is 0 Å². The molecule has 0 radical (unpaired) electrons. The number of aromatic amines is 1. The van der Waals surface area contributed by atoms with E-state index >= 15 is 0 Å². The molecule has 2 rings (SSSR count). The van der Waals surface area contributed by atoms with Gasteiger partial charge in [0.2, 0.25) is 5.95 Å². The van der Waals surface area contributed by atoms with Gasteiger partial charge in [-0.05, 0) is 31.0 Å². The topological polar surface area (TPSA) is 28.7 Å². The average molecular weight is 164 g/mol. The summed E-state index contributed by atoms with van der Waals surface area (Å²) in [5, 5.41) is 6.75. The Morgan fingerprint density at radius 3 is 2.83 bits per heavy atom. The second-order valence-electron chi connectivity index (χ2n) is 2.94. The van der Waals surface area contributed by atoms with Crippen LogP contribution < -0.4 is 0 Å². The van der Waals surface area contributed by atoms with Gasteiger partial charge in [-0.2, -0.15) is 4.39 Å². The number of nitrogens with zero attached hydrogens (tertiary/aromatic N) is 1. The zero-order valence-electron chi connectivity index (χ0n) is 6.98. The van der Waals surface area contributed by atoms with Crippen LogP contribution in [0.25, 0.3) is 10.9 Å². The summed E-state index contributed by atoms with van der Waals surface area (Å²) in [6.07, 6.45) is 0. The molecule has 1 heterocycles. The minimum atomic E-state index is -0.423. The second kappa shape index (κ2) is 2.30. The molecule has 2 aromatic rings. The fraction of sp³-hybridized carbons (Fsp3) is 0.222. The van der Waals surface area contributed by atoms with Crippen LogP contribution in [0.2, 0.25) is 0 Å². The van der Waals surface area contributed by atoms with Crippen molar-refractivity contribution in [1.29, 1.82) is 0 Å².